The van der Waals surface area contributed by atoms with Gasteiger partial charge in [-0.05, 0) is 24.6 Å². The van der Waals surface area contributed by atoms with E-state index in [2.05, 4.69) is 14.8 Å². The summed E-state index contributed by atoms with van der Waals surface area (Å²) >= 11 is 0. The number of aryl methyl sites for hydroxylation is 2. The summed E-state index contributed by atoms with van der Waals surface area (Å²) in [4.78, 5) is 4.25. The summed E-state index contributed by atoms with van der Waals surface area (Å²) < 4.78 is 16.3. The van der Waals surface area contributed by atoms with Gasteiger partial charge in [0.25, 0.3) is 0 Å². The molecule has 2 heterocycles. The molecule has 0 spiro atoms. The highest BCUT2D eigenvalue weighted by Gasteiger charge is 2.16. The number of nitrogens with two attached hydrogens (primary N) is 1. The van der Waals surface area contributed by atoms with Crippen molar-refractivity contribution in [3.05, 3.63) is 36.0 Å². The standard InChI is InChI=1S/C16H19N5OS/c1-4-23(22)20-12-7-5-11(6-8-12)14-13-15(21(3)19-14)10(2)9-18-16(13)17/h5-9,20H,4H2,1-3H3,(H2,17,18). The zero-order valence-corrected chi connectivity index (χ0v) is 14.1. The van der Waals surface area contributed by atoms with E-state index >= 15 is 0 Å². The van der Waals surface area contributed by atoms with Crippen LogP contribution in [-0.2, 0) is 18.0 Å². The molecule has 6 nitrogen and oxygen atoms in total. The number of hydrogen-bond donors (Lipinski definition) is 2. The third-order valence-corrected chi connectivity index (χ3v) is 4.71. The zero-order valence-electron chi connectivity index (χ0n) is 13.3. The molecule has 1 unspecified atom stereocenters. The second kappa shape index (κ2) is 6.00. The minimum Gasteiger partial charge on any atom is -0.383 e. The Hall–Kier alpha value is -2.41. The van der Waals surface area contributed by atoms with Crippen LogP contribution in [0.1, 0.15) is 12.5 Å². The zero-order chi connectivity index (χ0) is 16.6. The summed E-state index contributed by atoms with van der Waals surface area (Å²) in [5.41, 5.74) is 10.7. The molecule has 0 radical (unpaired) electrons. The van der Waals surface area contributed by atoms with Crippen molar-refractivity contribution >= 4 is 33.4 Å². The smallest absolute Gasteiger partial charge is 0.135 e. The minimum absolute atomic E-state index is 0.475. The second-order valence-corrected chi connectivity index (χ2v) is 6.81. The molecule has 0 aliphatic rings. The first kappa shape index (κ1) is 15.5. The number of pyridine rings is 1. The monoisotopic (exact) mass is 329 g/mol. The normalized spacial score (nSPS) is 12.5. The highest BCUT2D eigenvalue weighted by molar-refractivity contribution is 7.86. The lowest BCUT2D eigenvalue weighted by Gasteiger charge is -2.05. The summed E-state index contributed by atoms with van der Waals surface area (Å²) in [6, 6.07) is 7.67. The minimum atomic E-state index is -1.05. The van der Waals surface area contributed by atoms with Gasteiger partial charge in [-0.1, -0.05) is 19.1 Å². The third kappa shape index (κ3) is 2.79. The first-order valence-corrected chi connectivity index (χ1v) is 8.66. The van der Waals surface area contributed by atoms with Crippen molar-refractivity contribution in [1.29, 1.82) is 0 Å². The van der Waals surface area contributed by atoms with Gasteiger partial charge in [0.2, 0.25) is 0 Å². The largest absolute Gasteiger partial charge is 0.383 e. The van der Waals surface area contributed by atoms with E-state index in [1.807, 2.05) is 49.8 Å². The van der Waals surface area contributed by atoms with Crippen molar-refractivity contribution in [1.82, 2.24) is 14.8 Å². The van der Waals surface area contributed by atoms with Gasteiger partial charge >= 0.3 is 0 Å². The SMILES string of the molecule is CCS(=O)Nc1ccc(-c2nn(C)c3c(C)cnc(N)c23)cc1. The lowest BCUT2D eigenvalue weighted by molar-refractivity contribution is 0.687. The number of nitrogens with zero attached hydrogens (tertiary/aromatic N) is 3. The average Bonchev–Trinajstić information content (AvgIpc) is 2.90. The van der Waals surface area contributed by atoms with Crippen LogP contribution in [0.25, 0.3) is 22.2 Å². The van der Waals surface area contributed by atoms with Gasteiger partial charge in [0, 0.05) is 30.2 Å². The van der Waals surface area contributed by atoms with Crippen LogP contribution in [0.4, 0.5) is 11.5 Å². The molecular weight excluding hydrogens is 310 g/mol. The van der Waals surface area contributed by atoms with Crippen LogP contribution in [-0.4, -0.2) is 24.7 Å². The highest BCUT2D eigenvalue weighted by Crippen LogP contribution is 2.32. The molecule has 0 amide bonds. The van der Waals surface area contributed by atoms with Gasteiger partial charge in [-0.25, -0.2) is 9.19 Å². The molecule has 1 aromatic carbocycles. The van der Waals surface area contributed by atoms with Crippen molar-refractivity contribution in [3.8, 4) is 11.3 Å². The van der Waals surface area contributed by atoms with E-state index < -0.39 is 11.0 Å². The molecule has 0 fully saturated rings. The van der Waals surface area contributed by atoms with Crippen molar-refractivity contribution < 1.29 is 4.21 Å². The summed E-state index contributed by atoms with van der Waals surface area (Å²) in [6.07, 6.45) is 1.76. The molecule has 0 saturated heterocycles. The van der Waals surface area contributed by atoms with Gasteiger partial charge in [0.05, 0.1) is 10.9 Å². The van der Waals surface area contributed by atoms with Crippen LogP contribution >= 0.6 is 0 Å². The van der Waals surface area contributed by atoms with E-state index in [1.54, 1.807) is 6.20 Å². The molecule has 2 aromatic heterocycles. The molecule has 1 atom stereocenters. The number of fused-ring (bicyclic) bond motifs is 1. The fourth-order valence-corrected chi connectivity index (χ4v) is 3.16. The van der Waals surface area contributed by atoms with Gasteiger partial charge in [0.15, 0.2) is 0 Å². The van der Waals surface area contributed by atoms with Gasteiger partial charge in [-0.15, -0.1) is 0 Å². The van der Waals surface area contributed by atoms with Crippen LogP contribution in [0.15, 0.2) is 30.5 Å². The van der Waals surface area contributed by atoms with E-state index in [-0.39, 0.29) is 0 Å². The molecule has 3 rings (SSSR count). The first-order valence-electron chi connectivity index (χ1n) is 7.34. The molecule has 7 heteroatoms. The Labute approximate surface area is 137 Å². The maximum Gasteiger partial charge on any atom is 0.135 e. The predicted octanol–water partition coefficient (Wildman–Crippen LogP) is 2.62. The van der Waals surface area contributed by atoms with Gasteiger partial charge in [-0.2, -0.15) is 5.10 Å². The maximum atomic E-state index is 11.6. The molecule has 23 heavy (non-hydrogen) atoms. The second-order valence-electron chi connectivity index (χ2n) is 5.34. The van der Waals surface area contributed by atoms with E-state index in [0.717, 1.165) is 33.4 Å². The van der Waals surface area contributed by atoms with E-state index in [1.165, 1.54) is 0 Å². The Balaban J connectivity index is 2.07. The molecule has 0 aliphatic carbocycles. The summed E-state index contributed by atoms with van der Waals surface area (Å²) in [5.74, 6) is 1.04. The number of hydrogen-bond acceptors (Lipinski definition) is 4. The van der Waals surface area contributed by atoms with Gasteiger partial charge < -0.3 is 10.5 Å². The molecule has 0 saturated carbocycles. The van der Waals surface area contributed by atoms with Crippen LogP contribution < -0.4 is 10.5 Å². The maximum absolute atomic E-state index is 11.6. The summed E-state index contributed by atoms with van der Waals surface area (Å²) in [7, 11) is 0.848. The van der Waals surface area contributed by atoms with E-state index in [9.17, 15) is 4.21 Å². The molecule has 120 valence electrons. The molecule has 3 N–H and O–H groups in total. The number of aromatic nitrogens is 3. The summed E-state index contributed by atoms with van der Waals surface area (Å²) in [6.45, 7) is 3.86. The quantitative estimate of drug-likeness (QED) is 0.770. The van der Waals surface area contributed by atoms with Crippen molar-refractivity contribution in [3.63, 3.8) is 0 Å². The van der Waals surface area contributed by atoms with Gasteiger partial charge in [-0.3, -0.25) is 4.68 Å². The number of rotatable bonds is 4. The molecule has 0 aliphatic heterocycles. The molecule has 3 aromatic rings. The molecule has 0 bridgehead atoms. The number of nitrogen functional groups attached to an aromatic ring is 1. The Morgan fingerprint density at radius 1 is 1.30 bits per heavy atom. The van der Waals surface area contributed by atoms with Crippen LogP contribution in [0.5, 0.6) is 0 Å². The van der Waals surface area contributed by atoms with E-state index in [4.69, 9.17) is 5.73 Å². The Bertz CT molecular complexity index is 886. The lowest BCUT2D eigenvalue weighted by Crippen LogP contribution is -2.05. The first-order chi connectivity index (χ1) is 11.0. The predicted molar refractivity (Wildman–Crippen MR) is 95.4 cm³/mol. The van der Waals surface area contributed by atoms with Crippen molar-refractivity contribution in [2.75, 3.05) is 16.2 Å². The van der Waals surface area contributed by atoms with Crippen LogP contribution in [0.2, 0.25) is 0 Å². The number of nitrogens with one attached hydrogen (secondary N) is 1. The number of benzene rings is 1. The third-order valence-electron chi connectivity index (χ3n) is 3.73. The van der Waals surface area contributed by atoms with Crippen LogP contribution in [0, 0.1) is 6.92 Å². The lowest BCUT2D eigenvalue weighted by atomic mass is 10.1. The Morgan fingerprint density at radius 2 is 2.00 bits per heavy atom. The van der Waals surface area contributed by atoms with Crippen molar-refractivity contribution in [2.45, 2.75) is 13.8 Å². The Morgan fingerprint density at radius 3 is 2.65 bits per heavy atom. The Kier molecular flexibility index (Phi) is 4.04. The van der Waals surface area contributed by atoms with Gasteiger partial charge in [0.1, 0.15) is 22.5 Å². The van der Waals surface area contributed by atoms with Crippen LogP contribution in [0.3, 0.4) is 0 Å². The number of anilines is 2. The molecular formula is C16H19N5OS. The van der Waals surface area contributed by atoms with E-state index in [0.29, 0.717) is 11.6 Å². The fourth-order valence-electron chi connectivity index (χ4n) is 2.61. The highest BCUT2D eigenvalue weighted by atomic mass is 32.2. The topological polar surface area (TPSA) is 85.8 Å². The summed E-state index contributed by atoms with van der Waals surface area (Å²) in [5, 5.41) is 5.47. The fraction of sp³-hybridized carbons (Fsp3) is 0.250. The average molecular weight is 329 g/mol. The van der Waals surface area contributed by atoms with Crippen molar-refractivity contribution in [2.24, 2.45) is 7.05 Å².